The summed E-state index contributed by atoms with van der Waals surface area (Å²) in [6.45, 7) is 0.126. The van der Waals surface area contributed by atoms with Gasteiger partial charge in [-0.25, -0.2) is 8.42 Å². The number of sulfonamides is 1. The van der Waals surface area contributed by atoms with Crippen LogP contribution in [0.2, 0.25) is 0 Å². The first-order valence-corrected chi connectivity index (χ1v) is 11.9. The van der Waals surface area contributed by atoms with Crippen LogP contribution in [-0.2, 0) is 10.0 Å². The molecule has 0 aliphatic heterocycles. The van der Waals surface area contributed by atoms with Gasteiger partial charge in [-0.15, -0.1) is 10.2 Å². The summed E-state index contributed by atoms with van der Waals surface area (Å²) in [7, 11) is -0.832. The first-order valence-electron chi connectivity index (χ1n) is 10.2. The lowest BCUT2D eigenvalue weighted by Crippen LogP contribution is -2.24. The second kappa shape index (κ2) is 9.75. The highest BCUT2D eigenvalue weighted by Gasteiger charge is 2.26. The van der Waals surface area contributed by atoms with E-state index in [1.807, 2.05) is 6.07 Å². The molecular weight excluding hydrogens is 460 g/mol. The molecule has 4 aromatic rings. The molecular formula is C22H24N6O5S. The molecule has 0 radical (unpaired) electrons. The lowest BCUT2D eigenvalue weighted by Gasteiger charge is -2.17. The molecule has 4 N–H and O–H groups in total. The summed E-state index contributed by atoms with van der Waals surface area (Å²) >= 11 is 0. The van der Waals surface area contributed by atoms with E-state index < -0.39 is 10.0 Å². The molecule has 178 valence electrons. The van der Waals surface area contributed by atoms with Gasteiger partial charge in [-0.2, -0.15) is 0 Å². The number of nitrogens with one attached hydrogen (secondary N) is 2. The standard InChI is InChI=1S/C22H24N6O5S/c1-31-17-9-5-10-18(32-2)20(17)28-21(19-11-6-13-33-19)25-26-22(28)27-34(29,30)14-12-24-16-8-4-3-7-15(16)23/h3-11,13,24H,12,14,23H2,1-2H3,(H,26,27). The number of aromatic nitrogens is 3. The van der Waals surface area contributed by atoms with Crippen LogP contribution < -0.4 is 25.2 Å². The maximum atomic E-state index is 12.9. The zero-order valence-electron chi connectivity index (χ0n) is 18.6. The van der Waals surface area contributed by atoms with Crippen LogP contribution >= 0.6 is 0 Å². The number of rotatable bonds is 10. The third-order valence-electron chi connectivity index (χ3n) is 4.92. The van der Waals surface area contributed by atoms with Gasteiger partial charge in [0.2, 0.25) is 21.8 Å². The molecule has 4 rings (SSSR count). The van der Waals surface area contributed by atoms with Crippen molar-refractivity contribution in [2.75, 3.05) is 42.3 Å². The van der Waals surface area contributed by atoms with Crippen molar-refractivity contribution < 1.29 is 22.3 Å². The smallest absolute Gasteiger partial charge is 0.243 e. The molecule has 0 amide bonds. The number of furan rings is 1. The van der Waals surface area contributed by atoms with Crippen LogP contribution in [0.3, 0.4) is 0 Å². The van der Waals surface area contributed by atoms with Gasteiger partial charge in [0.15, 0.2) is 5.76 Å². The minimum absolute atomic E-state index is 0.0478. The fourth-order valence-electron chi connectivity index (χ4n) is 3.35. The van der Waals surface area contributed by atoms with E-state index in [2.05, 4.69) is 20.2 Å². The van der Waals surface area contributed by atoms with E-state index in [0.29, 0.717) is 34.3 Å². The molecule has 0 spiro atoms. The van der Waals surface area contributed by atoms with E-state index in [9.17, 15) is 8.42 Å². The number of nitrogens with zero attached hydrogens (tertiary/aromatic N) is 3. The van der Waals surface area contributed by atoms with Crippen LogP contribution in [0.1, 0.15) is 0 Å². The molecule has 0 aliphatic carbocycles. The Morgan fingerprint density at radius 3 is 2.38 bits per heavy atom. The molecule has 2 aromatic carbocycles. The number of anilines is 3. The van der Waals surface area contributed by atoms with E-state index in [0.717, 1.165) is 0 Å². The summed E-state index contributed by atoms with van der Waals surface area (Å²) in [5, 5.41) is 11.3. The third-order valence-corrected chi connectivity index (χ3v) is 6.16. The highest BCUT2D eigenvalue weighted by atomic mass is 32.2. The van der Waals surface area contributed by atoms with Crippen molar-refractivity contribution in [2.24, 2.45) is 0 Å². The van der Waals surface area contributed by atoms with Crippen LogP contribution in [0.4, 0.5) is 17.3 Å². The van der Waals surface area contributed by atoms with Gasteiger partial charge in [-0.05, 0) is 36.4 Å². The number of hydrogen-bond acceptors (Lipinski definition) is 9. The Labute approximate surface area is 196 Å². The molecule has 11 nitrogen and oxygen atoms in total. The Kier molecular flexibility index (Phi) is 6.59. The highest BCUT2D eigenvalue weighted by molar-refractivity contribution is 7.92. The van der Waals surface area contributed by atoms with Crippen LogP contribution in [0.15, 0.2) is 65.3 Å². The van der Waals surface area contributed by atoms with Gasteiger partial charge in [0.05, 0.1) is 37.6 Å². The molecule has 0 fully saturated rings. The highest BCUT2D eigenvalue weighted by Crippen LogP contribution is 2.37. The zero-order valence-corrected chi connectivity index (χ0v) is 19.4. The average molecular weight is 485 g/mol. The molecule has 2 heterocycles. The number of ether oxygens (including phenoxy) is 2. The second-order valence-electron chi connectivity index (χ2n) is 7.11. The second-order valence-corrected chi connectivity index (χ2v) is 8.95. The maximum Gasteiger partial charge on any atom is 0.243 e. The SMILES string of the molecule is COc1cccc(OC)c1-n1c(NS(=O)(=O)CCNc2ccccc2N)nnc1-c1ccco1. The summed E-state index contributed by atoms with van der Waals surface area (Å²) in [5.41, 5.74) is 7.49. The van der Waals surface area contributed by atoms with Crippen molar-refractivity contribution in [3.63, 3.8) is 0 Å². The van der Waals surface area contributed by atoms with Gasteiger partial charge >= 0.3 is 0 Å². The monoisotopic (exact) mass is 484 g/mol. The lowest BCUT2D eigenvalue weighted by atomic mass is 10.2. The van der Waals surface area contributed by atoms with E-state index >= 15 is 0 Å². The predicted octanol–water partition coefficient (Wildman–Crippen LogP) is 2.98. The summed E-state index contributed by atoms with van der Waals surface area (Å²) in [5.74, 6) is 1.20. The van der Waals surface area contributed by atoms with E-state index in [1.54, 1.807) is 48.5 Å². The Morgan fingerprint density at radius 2 is 1.74 bits per heavy atom. The van der Waals surface area contributed by atoms with Gasteiger partial charge < -0.3 is 24.9 Å². The molecule has 0 atom stereocenters. The van der Waals surface area contributed by atoms with Crippen LogP contribution in [-0.4, -0.2) is 49.7 Å². The minimum atomic E-state index is -3.83. The molecule has 0 unspecified atom stereocenters. The van der Waals surface area contributed by atoms with Crippen molar-refractivity contribution in [3.05, 3.63) is 60.9 Å². The van der Waals surface area contributed by atoms with Crippen molar-refractivity contribution >= 4 is 27.3 Å². The van der Waals surface area contributed by atoms with Gasteiger partial charge in [0.25, 0.3) is 0 Å². The summed E-state index contributed by atoms with van der Waals surface area (Å²) in [4.78, 5) is 0. The third kappa shape index (κ3) is 4.76. The molecule has 0 aliphatic rings. The van der Waals surface area contributed by atoms with Gasteiger partial charge in [0.1, 0.15) is 17.2 Å². The molecule has 0 saturated heterocycles. The number of nitrogens with two attached hydrogens (primary N) is 1. The summed E-state index contributed by atoms with van der Waals surface area (Å²) in [6.07, 6.45) is 1.48. The Morgan fingerprint density at radius 1 is 1.00 bits per heavy atom. The maximum absolute atomic E-state index is 12.9. The van der Waals surface area contributed by atoms with E-state index in [4.69, 9.17) is 19.6 Å². The summed E-state index contributed by atoms with van der Waals surface area (Å²) < 4.78 is 46.3. The number of benzene rings is 2. The van der Waals surface area contributed by atoms with Gasteiger partial charge in [-0.3, -0.25) is 9.29 Å². The van der Waals surface area contributed by atoms with Crippen molar-refractivity contribution in [1.29, 1.82) is 0 Å². The Bertz CT molecular complexity index is 1350. The van der Waals surface area contributed by atoms with Gasteiger partial charge in [-0.1, -0.05) is 18.2 Å². The molecule has 0 saturated carbocycles. The fourth-order valence-corrected chi connectivity index (χ4v) is 4.23. The van der Waals surface area contributed by atoms with Crippen molar-refractivity contribution in [1.82, 2.24) is 14.8 Å². The van der Waals surface area contributed by atoms with Crippen molar-refractivity contribution in [2.45, 2.75) is 0 Å². The Balaban J connectivity index is 1.67. The molecule has 12 heteroatoms. The first-order chi connectivity index (χ1) is 16.4. The first kappa shape index (κ1) is 23.0. The average Bonchev–Trinajstić information content (AvgIpc) is 3.49. The Hall–Kier alpha value is -4.19. The topological polar surface area (TPSA) is 147 Å². The minimum Gasteiger partial charge on any atom is -0.494 e. The van der Waals surface area contributed by atoms with Crippen LogP contribution in [0.5, 0.6) is 11.5 Å². The van der Waals surface area contributed by atoms with Crippen molar-refractivity contribution in [3.8, 4) is 28.8 Å². The van der Waals surface area contributed by atoms with Gasteiger partial charge in [0, 0.05) is 6.54 Å². The summed E-state index contributed by atoms with van der Waals surface area (Å²) in [6, 6.07) is 15.7. The quantitative estimate of drug-likeness (QED) is 0.289. The number of hydrogen-bond donors (Lipinski definition) is 3. The zero-order chi connectivity index (χ0) is 24.1. The predicted molar refractivity (Wildman–Crippen MR) is 129 cm³/mol. The normalized spacial score (nSPS) is 11.2. The number of para-hydroxylation sites is 3. The van der Waals surface area contributed by atoms with Crippen LogP contribution in [0.25, 0.3) is 17.3 Å². The number of methoxy groups -OCH3 is 2. The largest absolute Gasteiger partial charge is 0.494 e. The number of nitrogen functional groups attached to an aromatic ring is 1. The molecule has 0 bridgehead atoms. The van der Waals surface area contributed by atoms with E-state index in [-0.39, 0.29) is 24.1 Å². The van der Waals surface area contributed by atoms with Crippen LogP contribution in [0, 0.1) is 0 Å². The van der Waals surface area contributed by atoms with E-state index in [1.165, 1.54) is 25.0 Å². The molecule has 2 aromatic heterocycles. The fraction of sp³-hybridized carbons (Fsp3) is 0.182. The lowest BCUT2D eigenvalue weighted by molar-refractivity contribution is 0.391. The molecule has 34 heavy (non-hydrogen) atoms.